The van der Waals surface area contributed by atoms with E-state index < -0.39 is 0 Å². The van der Waals surface area contributed by atoms with E-state index in [2.05, 4.69) is 25.5 Å². The van der Waals surface area contributed by atoms with E-state index in [1.807, 2.05) is 24.4 Å². The monoisotopic (exact) mass is 476 g/mol. The first-order valence-corrected chi connectivity index (χ1v) is 11.8. The predicted molar refractivity (Wildman–Crippen MR) is 134 cm³/mol. The Balaban J connectivity index is 1.40. The van der Waals surface area contributed by atoms with Gasteiger partial charge in [-0.15, -0.1) is 0 Å². The summed E-state index contributed by atoms with van der Waals surface area (Å²) in [6.45, 7) is 4.21. The van der Waals surface area contributed by atoms with Gasteiger partial charge < -0.3 is 10.7 Å². The van der Waals surface area contributed by atoms with Crippen LogP contribution in [0.2, 0.25) is 0 Å². The number of nitrogens with zero attached hydrogens (tertiary/aromatic N) is 3. The summed E-state index contributed by atoms with van der Waals surface area (Å²) in [4.78, 5) is 23.6. The number of piperidine rings is 1. The minimum absolute atomic E-state index is 0.0347. The first-order chi connectivity index (χ1) is 17.0. The molecule has 5 N–H and O–H groups in total. The predicted octanol–water partition coefficient (Wildman–Crippen LogP) is 3.80. The molecule has 35 heavy (non-hydrogen) atoms. The van der Waals surface area contributed by atoms with Crippen LogP contribution in [-0.2, 0) is 0 Å². The number of aryl methyl sites for hydroxylation is 1. The molecule has 1 unspecified atom stereocenters. The van der Waals surface area contributed by atoms with Crippen molar-refractivity contribution >= 4 is 29.4 Å². The van der Waals surface area contributed by atoms with E-state index in [9.17, 15) is 9.18 Å². The number of benzene rings is 1. The third kappa shape index (κ3) is 6.68. The highest BCUT2D eigenvalue weighted by atomic mass is 19.1. The summed E-state index contributed by atoms with van der Waals surface area (Å²) in [5.41, 5.74) is 4.26. The number of rotatable bonds is 8. The molecular weight excluding hydrogens is 445 g/mol. The highest BCUT2D eigenvalue weighted by Crippen LogP contribution is 2.24. The topological polar surface area (TPSA) is 111 Å². The number of anilines is 1. The maximum Gasteiger partial charge on any atom is 0.320 e. The number of amides is 2. The maximum absolute atomic E-state index is 13.5. The lowest BCUT2D eigenvalue weighted by Gasteiger charge is -2.35. The van der Waals surface area contributed by atoms with Gasteiger partial charge in [0.1, 0.15) is 17.3 Å². The molecule has 0 aliphatic carbocycles. The Labute approximate surface area is 204 Å². The molecule has 182 valence electrons. The molecule has 1 aliphatic rings. The van der Waals surface area contributed by atoms with Crippen LogP contribution in [0.5, 0.6) is 0 Å². The number of carbonyl (C=O) groups excluding carboxylic acids is 1. The maximum atomic E-state index is 13.5. The van der Waals surface area contributed by atoms with E-state index >= 15 is 0 Å². The Morgan fingerprint density at radius 2 is 1.94 bits per heavy atom. The van der Waals surface area contributed by atoms with E-state index in [0.717, 1.165) is 48.6 Å². The van der Waals surface area contributed by atoms with Gasteiger partial charge in [-0.25, -0.2) is 14.2 Å². The summed E-state index contributed by atoms with van der Waals surface area (Å²) in [5.74, 6) is 0.0880. The van der Waals surface area contributed by atoms with Gasteiger partial charge in [-0.05, 0) is 56.6 Å². The first-order valence-electron chi connectivity index (χ1n) is 11.8. The number of halogens is 1. The van der Waals surface area contributed by atoms with Gasteiger partial charge in [-0.3, -0.25) is 20.5 Å². The van der Waals surface area contributed by atoms with E-state index in [0.29, 0.717) is 17.9 Å². The number of nitrogens with two attached hydrogens (primary N) is 1. The van der Waals surface area contributed by atoms with Crippen LogP contribution < -0.4 is 16.0 Å². The number of carbonyl (C=O) groups is 1. The lowest BCUT2D eigenvalue weighted by atomic mass is 10.0. The first kappa shape index (κ1) is 24.4. The zero-order valence-electron chi connectivity index (χ0n) is 19.8. The third-order valence-electron chi connectivity index (χ3n) is 6.15. The number of likely N-dealkylation sites (tertiary alicyclic amines) is 1. The number of hydrogen-bond acceptors (Lipinski definition) is 5. The number of hydrogen-bond donors (Lipinski definition) is 4. The van der Waals surface area contributed by atoms with Crippen LogP contribution in [0.25, 0.3) is 0 Å². The van der Waals surface area contributed by atoms with Gasteiger partial charge in [0.25, 0.3) is 0 Å². The van der Waals surface area contributed by atoms with Gasteiger partial charge >= 0.3 is 6.03 Å². The van der Waals surface area contributed by atoms with Crippen molar-refractivity contribution in [2.45, 2.75) is 32.2 Å². The van der Waals surface area contributed by atoms with Crippen molar-refractivity contribution in [2.75, 3.05) is 25.0 Å². The zero-order valence-corrected chi connectivity index (χ0v) is 19.8. The zero-order chi connectivity index (χ0) is 24.6. The third-order valence-corrected chi connectivity index (χ3v) is 6.15. The number of pyridine rings is 2. The molecule has 1 aliphatic heterocycles. The van der Waals surface area contributed by atoms with E-state index in [1.54, 1.807) is 30.6 Å². The molecule has 0 bridgehead atoms. The molecule has 1 aromatic carbocycles. The lowest BCUT2D eigenvalue weighted by molar-refractivity contribution is -0.479. The molecule has 0 saturated carbocycles. The van der Waals surface area contributed by atoms with E-state index in [4.69, 9.17) is 5.41 Å². The van der Waals surface area contributed by atoms with Gasteiger partial charge in [-0.1, -0.05) is 18.6 Å². The summed E-state index contributed by atoms with van der Waals surface area (Å²) < 4.78 is 13.5. The van der Waals surface area contributed by atoms with Gasteiger partial charge in [0.05, 0.1) is 17.8 Å². The highest BCUT2D eigenvalue weighted by molar-refractivity contribution is 5.90. The molecular formula is C26H31FN7O+. The highest BCUT2D eigenvalue weighted by Gasteiger charge is 2.23. The minimum atomic E-state index is -0.376. The molecule has 2 aromatic heterocycles. The normalized spacial score (nSPS) is 14.8. The van der Waals surface area contributed by atoms with Gasteiger partial charge in [0, 0.05) is 36.8 Å². The van der Waals surface area contributed by atoms with Crippen molar-refractivity contribution in [3.05, 3.63) is 77.5 Å². The van der Waals surface area contributed by atoms with Crippen molar-refractivity contribution in [2.24, 2.45) is 0 Å². The summed E-state index contributed by atoms with van der Waals surface area (Å²) in [6, 6.07) is 11.6. The van der Waals surface area contributed by atoms with Crippen molar-refractivity contribution in [1.82, 2.24) is 20.2 Å². The molecule has 1 fully saturated rings. The molecule has 8 nitrogen and oxygen atoms in total. The fraction of sp³-hybridized carbons (Fsp3) is 0.308. The van der Waals surface area contributed by atoms with Crippen molar-refractivity contribution in [1.29, 1.82) is 5.41 Å². The molecule has 4 rings (SSSR count). The fourth-order valence-electron chi connectivity index (χ4n) is 4.35. The van der Waals surface area contributed by atoms with Crippen molar-refractivity contribution in [3.8, 4) is 0 Å². The molecule has 3 aromatic rings. The number of quaternary nitrogens is 1. The summed E-state index contributed by atoms with van der Waals surface area (Å²) in [6.07, 6.45) is 8.05. The molecule has 0 spiro atoms. The largest absolute Gasteiger partial charge is 0.336 e. The van der Waals surface area contributed by atoms with Crippen LogP contribution in [0, 0.1) is 18.2 Å². The molecule has 9 heteroatoms. The van der Waals surface area contributed by atoms with E-state index in [1.165, 1.54) is 24.8 Å². The standard InChI is InChI=1S/C26H30FN7O/c1-18-13-22(9-10-29-18)32-23-16-30-25(14-20(23)15-28)33-26(35)31-17-24(34-11-3-2-4-12-34)19-5-7-21(27)8-6-19/h5-10,13-16,24,28H,2-4,11-12,17H2,1H3,(H,29,32)(H2,30,31,33,35)/p+1. The van der Waals surface area contributed by atoms with Crippen LogP contribution in [0.4, 0.5) is 26.4 Å². The second-order valence-corrected chi connectivity index (χ2v) is 8.72. The molecule has 1 saturated heterocycles. The summed E-state index contributed by atoms with van der Waals surface area (Å²) in [7, 11) is 0. The Morgan fingerprint density at radius 1 is 1.17 bits per heavy atom. The van der Waals surface area contributed by atoms with E-state index in [-0.39, 0.29) is 17.9 Å². The van der Waals surface area contributed by atoms with Crippen molar-refractivity contribution < 1.29 is 14.5 Å². The minimum Gasteiger partial charge on any atom is -0.336 e. The lowest BCUT2D eigenvalue weighted by Crippen LogP contribution is -2.71. The number of urea groups is 1. The number of nitrogens with one attached hydrogen (secondary N) is 3. The summed E-state index contributed by atoms with van der Waals surface area (Å²) >= 11 is 0. The SMILES string of the molecule is Cc1cc([NH2+]c2cnc(NC(=O)NCC(c3ccc(F)cc3)N3CCCCC3)cc2C=N)ccn1. The number of aromatic nitrogens is 2. The van der Waals surface area contributed by atoms with Crippen LogP contribution in [-0.4, -0.2) is 46.7 Å². The van der Waals surface area contributed by atoms with Crippen LogP contribution in [0.3, 0.4) is 0 Å². The smallest absolute Gasteiger partial charge is 0.320 e. The van der Waals surface area contributed by atoms with Gasteiger partial charge in [-0.2, -0.15) is 0 Å². The molecule has 2 amide bonds. The Morgan fingerprint density at radius 3 is 2.66 bits per heavy atom. The second-order valence-electron chi connectivity index (χ2n) is 8.72. The van der Waals surface area contributed by atoms with Crippen LogP contribution >= 0.6 is 0 Å². The van der Waals surface area contributed by atoms with Crippen molar-refractivity contribution in [3.63, 3.8) is 0 Å². The average molecular weight is 477 g/mol. The Kier molecular flexibility index (Phi) is 8.12. The fourth-order valence-corrected chi connectivity index (χ4v) is 4.35. The van der Waals surface area contributed by atoms with Gasteiger partial charge in [0.15, 0.2) is 5.69 Å². The van der Waals surface area contributed by atoms with Gasteiger partial charge in [0.2, 0.25) is 0 Å². The van der Waals surface area contributed by atoms with Crippen LogP contribution in [0.15, 0.2) is 54.9 Å². The quantitative estimate of drug-likeness (QED) is 0.371. The Hall–Kier alpha value is -3.69. The molecule has 0 radical (unpaired) electrons. The Bertz CT molecular complexity index is 1160. The van der Waals surface area contributed by atoms with Crippen LogP contribution in [0.1, 0.15) is 42.1 Å². The summed E-state index contributed by atoms with van der Waals surface area (Å²) in [5, 5.41) is 15.4. The molecule has 1 atom stereocenters. The second kappa shape index (κ2) is 11.6. The average Bonchev–Trinajstić information content (AvgIpc) is 2.87. The molecule has 3 heterocycles.